The molecule has 0 saturated heterocycles. The van der Waals surface area contributed by atoms with Gasteiger partial charge in [-0.15, -0.1) is 0 Å². The second-order valence-corrected chi connectivity index (χ2v) is 5.86. The van der Waals surface area contributed by atoms with Crippen LogP contribution in [-0.2, 0) is 11.2 Å². The first-order valence-corrected chi connectivity index (χ1v) is 7.57. The van der Waals surface area contributed by atoms with Crippen LogP contribution in [0.15, 0.2) is 24.3 Å². The SMILES string of the molecule is O=C1Nc2ccccc2CCC1NC1CCCCC1O. The molecule has 0 radical (unpaired) electrons. The summed E-state index contributed by atoms with van der Waals surface area (Å²) >= 11 is 0. The van der Waals surface area contributed by atoms with Crippen molar-refractivity contribution >= 4 is 11.6 Å². The lowest BCUT2D eigenvalue weighted by atomic mass is 9.91. The molecule has 1 heterocycles. The highest BCUT2D eigenvalue weighted by molar-refractivity contribution is 5.96. The molecule has 1 aliphatic carbocycles. The molecular weight excluding hydrogens is 252 g/mol. The summed E-state index contributed by atoms with van der Waals surface area (Å²) in [5, 5.41) is 16.4. The number of hydrogen-bond acceptors (Lipinski definition) is 3. The monoisotopic (exact) mass is 274 g/mol. The molecule has 4 nitrogen and oxygen atoms in total. The number of nitrogens with one attached hydrogen (secondary N) is 2. The zero-order valence-electron chi connectivity index (χ0n) is 11.6. The van der Waals surface area contributed by atoms with Crippen LogP contribution in [0.3, 0.4) is 0 Å². The van der Waals surface area contributed by atoms with Crippen LogP contribution in [0.5, 0.6) is 0 Å². The Labute approximate surface area is 119 Å². The van der Waals surface area contributed by atoms with Gasteiger partial charge < -0.3 is 15.7 Å². The quantitative estimate of drug-likeness (QED) is 0.771. The third kappa shape index (κ3) is 2.86. The van der Waals surface area contributed by atoms with Gasteiger partial charge in [0.2, 0.25) is 5.91 Å². The summed E-state index contributed by atoms with van der Waals surface area (Å²) in [6.45, 7) is 0. The van der Waals surface area contributed by atoms with Crippen molar-refractivity contribution in [1.82, 2.24) is 5.32 Å². The van der Waals surface area contributed by atoms with E-state index < -0.39 is 0 Å². The summed E-state index contributed by atoms with van der Waals surface area (Å²) in [4.78, 5) is 12.3. The van der Waals surface area contributed by atoms with E-state index in [4.69, 9.17) is 0 Å². The molecule has 1 saturated carbocycles. The summed E-state index contributed by atoms with van der Waals surface area (Å²) in [7, 11) is 0. The van der Waals surface area contributed by atoms with E-state index in [9.17, 15) is 9.90 Å². The highest BCUT2D eigenvalue weighted by Gasteiger charge is 2.29. The molecule has 3 rings (SSSR count). The zero-order valence-corrected chi connectivity index (χ0v) is 11.6. The first-order valence-electron chi connectivity index (χ1n) is 7.57. The molecule has 1 aromatic carbocycles. The predicted octanol–water partition coefficient (Wildman–Crippen LogP) is 1.83. The Morgan fingerprint density at radius 1 is 1.15 bits per heavy atom. The van der Waals surface area contributed by atoms with Crippen molar-refractivity contribution < 1.29 is 9.90 Å². The van der Waals surface area contributed by atoms with Crippen LogP contribution in [0, 0.1) is 0 Å². The number of hydrogen-bond donors (Lipinski definition) is 3. The fourth-order valence-corrected chi connectivity index (χ4v) is 3.23. The Morgan fingerprint density at radius 3 is 2.80 bits per heavy atom. The minimum absolute atomic E-state index is 0.0210. The Bertz CT molecular complexity index is 489. The highest BCUT2D eigenvalue weighted by atomic mass is 16.3. The van der Waals surface area contributed by atoms with Gasteiger partial charge in [0.15, 0.2) is 0 Å². The minimum Gasteiger partial charge on any atom is -0.392 e. The van der Waals surface area contributed by atoms with E-state index in [-0.39, 0.29) is 24.1 Å². The lowest BCUT2D eigenvalue weighted by Crippen LogP contribution is -2.51. The van der Waals surface area contributed by atoms with Crippen LogP contribution >= 0.6 is 0 Å². The van der Waals surface area contributed by atoms with Crippen LogP contribution in [0.4, 0.5) is 5.69 Å². The van der Waals surface area contributed by atoms with E-state index in [1.54, 1.807) is 0 Å². The van der Waals surface area contributed by atoms with Gasteiger partial charge >= 0.3 is 0 Å². The summed E-state index contributed by atoms with van der Waals surface area (Å²) in [5.41, 5.74) is 2.11. The van der Waals surface area contributed by atoms with Gasteiger partial charge in [-0.2, -0.15) is 0 Å². The number of amides is 1. The number of para-hydroxylation sites is 1. The van der Waals surface area contributed by atoms with Crippen molar-refractivity contribution in [3.8, 4) is 0 Å². The molecule has 1 fully saturated rings. The number of aryl methyl sites for hydroxylation is 1. The van der Waals surface area contributed by atoms with E-state index in [2.05, 4.69) is 16.7 Å². The standard InChI is InChI=1S/C16H22N2O2/c19-15-8-4-3-7-13(15)17-14-10-9-11-5-1-2-6-12(11)18-16(14)20/h1-2,5-6,13-15,17,19H,3-4,7-10H2,(H,18,20). The smallest absolute Gasteiger partial charge is 0.241 e. The van der Waals surface area contributed by atoms with Crippen molar-refractivity contribution in [1.29, 1.82) is 0 Å². The van der Waals surface area contributed by atoms with Crippen molar-refractivity contribution in [2.24, 2.45) is 0 Å². The van der Waals surface area contributed by atoms with Gasteiger partial charge in [0.05, 0.1) is 12.1 Å². The second-order valence-electron chi connectivity index (χ2n) is 5.86. The predicted molar refractivity (Wildman–Crippen MR) is 78.6 cm³/mol. The zero-order chi connectivity index (χ0) is 13.9. The maximum atomic E-state index is 12.3. The third-order valence-corrected chi connectivity index (χ3v) is 4.44. The molecule has 0 spiro atoms. The first-order chi connectivity index (χ1) is 9.74. The summed E-state index contributed by atoms with van der Waals surface area (Å²) in [6.07, 6.45) is 5.36. The van der Waals surface area contributed by atoms with Crippen LogP contribution < -0.4 is 10.6 Å². The van der Waals surface area contributed by atoms with Crippen molar-refractivity contribution in [2.45, 2.75) is 56.7 Å². The summed E-state index contributed by atoms with van der Waals surface area (Å²) in [5.74, 6) is 0.0210. The molecule has 0 bridgehead atoms. The molecule has 4 heteroatoms. The number of carbonyl (C=O) groups is 1. The van der Waals surface area contributed by atoms with Gasteiger partial charge in [0.1, 0.15) is 0 Å². The third-order valence-electron chi connectivity index (χ3n) is 4.44. The van der Waals surface area contributed by atoms with E-state index in [0.717, 1.165) is 44.2 Å². The molecule has 1 aliphatic heterocycles. The molecule has 0 aromatic heterocycles. The molecule has 2 aliphatic rings. The number of aliphatic hydroxyl groups excluding tert-OH is 1. The lowest BCUT2D eigenvalue weighted by Gasteiger charge is -2.31. The van der Waals surface area contributed by atoms with Crippen LogP contribution in [0.2, 0.25) is 0 Å². The normalized spacial score (nSPS) is 30.2. The molecular formula is C16H22N2O2. The summed E-state index contributed by atoms with van der Waals surface area (Å²) < 4.78 is 0. The number of benzene rings is 1. The molecule has 1 amide bonds. The van der Waals surface area contributed by atoms with Gasteiger partial charge in [-0.3, -0.25) is 4.79 Å². The topological polar surface area (TPSA) is 61.4 Å². The van der Waals surface area contributed by atoms with Gasteiger partial charge in [-0.05, 0) is 37.3 Å². The number of anilines is 1. The second kappa shape index (κ2) is 5.94. The molecule has 20 heavy (non-hydrogen) atoms. The average molecular weight is 274 g/mol. The van der Waals surface area contributed by atoms with E-state index in [0.29, 0.717) is 0 Å². The fraction of sp³-hybridized carbons (Fsp3) is 0.562. The Kier molecular flexibility index (Phi) is 4.03. The maximum absolute atomic E-state index is 12.3. The van der Waals surface area contributed by atoms with Gasteiger partial charge in [-0.25, -0.2) is 0 Å². The highest BCUT2D eigenvalue weighted by Crippen LogP contribution is 2.24. The minimum atomic E-state index is -0.317. The van der Waals surface area contributed by atoms with Crippen LogP contribution in [-0.4, -0.2) is 29.2 Å². The number of carbonyl (C=O) groups excluding carboxylic acids is 1. The van der Waals surface area contributed by atoms with E-state index >= 15 is 0 Å². The largest absolute Gasteiger partial charge is 0.392 e. The van der Waals surface area contributed by atoms with Gasteiger partial charge in [-0.1, -0.05) is 31.0 Å². The van der Waals surface area contributed by atoms with Crippen LogP contribution in [0.25, 0.3) is 0 Å². The number of fused-ring (bicyclic) bond motifs is 1. The van der Waals surface area contributed by atoms with Crippen molar-refractivity contribution in [2.75, 3.05) is 5.32 Å². The lowest BCUT2D eigenvalue weighted by molar-refractivity contribution is -0.118. The first kappa shape index (κ1) is 13.6. The Balaban J connectivity index is 1.68. The molecule has 1 aromatic rings. The maximum Gasteiger partial charge on any atom is 0.241 e. The summed E-state index contributed by atoms with van der Waals surface area (Å²) in [6, 6.07) is 7.81. The van der Waals surface area contributed by atoms with E-state index in [1.807, 2.05) is 18.2 Å². The van der Waals surface area contributed by atoms with Gasteiger partial charge in [0.25, 0.3) is 0 Å². The van der Waals surface area contributed by atoms with Crippen LogP contribution in [0.1, 0.15) is 37.7 Å². The Morgan fingerprint density at radius 2 is 1.95 bits per heavy atom. The molecule has 108 valence electrons. The number of rotatable bonds is 2. The molecule has 3 unspecified atom stereocenters. The fourth-order valence-electron chi connectivity index (χ4n) is 3.23. The molecule has 3 atom stereocenters. The van der Waals surface area contributed by atoms with Crippen molar-refractivity contribution in [3.63, 3.8) is 0 Å². The van der Waals surface area contributed by atoms with Gasteiger partial charge in [0, 0.05) is 11.7 Å². The molecule has 3 N–H and O–H groups in total. The average Bonchev–Trinajstić information content (AvgIpc) is 2.61. The number of aliphatic hydroxyl groups is 1. The Hall–Kier alpha value is -1.39. The van der Waals surface area contributed by atoms with Crippen molar-refractivity contribution in [3.05, 3.63) is 29.8 Å². The van der Waals surface area contributed by atoms with E-state index in [1.165, 1.54) is 5.56 Å².